The van der Waals surface area contributed by atoms with Crippen LogP contribution in [0.1, 0.15) is 40.0 Å². The van der Waals surface area contributed by atoms with Crippen molar-refractivity contribution in [2.45, 2.75) is 25.3 Å². The number of nitrogens with zero attached hydrogens (tertiary/aromatic N) is 4. The second-order valence-electron chi connectivity index (χ2n) is 8.84. The van der Waals surface area contributed by atoms with Crippen molar-refractivity contribution in [3.63, 3.8) is 0 Å². The summed E-state index contributed by atoms with van der Waals surface area (Å²) >= 11 is 0. The first-order chi connectivity index (χ1) is 16.0. The van der Waals surface area contributed by atoms with Crippen molar-refractivity contribution >= 4 is 22.7 Å². The summed E-state index contributed by atoms with van der Waals surface area (Å²) in [6, 6.07) is 6.56. The van der Waals surface area contributed by atoms with E-state index >= 15 is 0 Å². The van der Waals surface area contributed by atoms with Gasteiger partial charge in [0.1, 0.15) is 12.1 Å². The minimum atomic E-state index is -0.261. The Morgan fingerprint density at radius 2 is 1.91 bits per heavy atom. The second kappa shape index (κ2) is 8.74. The lowest BCUT2D eigenvalue weighted by molar-refractivity contribution is 0.0190. The van der Waals surface area contributed by atoms with Crippen LogP contribution in [0, 0.1) is 5.41 Å². The highest BCUT2D eigenvalue weighted by Gasteiger charge is 2.46. The number of phenols is 1. The molecule has 2 aliphatic heterocycles. The van der Waals surface area contributed by atoms with Gasteiger partial charge in [0.2, 0.25) is 0 Å². The first-order valence-corrected chi connectivity index (χ1v) is 11.0. The number of benzene rings is 1. The molecule has 0 saturated carbocycles. The van der Waals surface area contributed by atoms with E-state index in [2.05, 4.69) is 20.3 Å². The number of rotatable bonds is 4. The zero-order valence-corrected chi connectivity index (χ0v) is 18.1. The Labute approximate surface area is 190 Å². The smallest absolute Gasteiger partial charge is 0.255 e. The predicted octanol–water partition coefficient (Wildman–Crippen LogP) is 2.17. The highest BCUT2D eigenvalue weighted by molar-refractivity contribution is 5.98. The molecule has 2 amide bonds. The fraction of sp³-hybridized carbons (Fsp3) is 0.375. The van der Waals surface area contributed by atoms with Crippen molar-refractivity contribution in [1.29, 1.82) is 0 Å². The van der Waals surface area contributed by atoms with E-state index in [4.69, 9.17) is 4.74 Å². The summed E-state index contributed by atoms with van der Waals surface area (Å²) in [5.41, 5.74) is 1.50. The second-order valence-corrected chi connectivity index (χ2v) is 8.84. The number of hydrogen-bond donors (Lipinski definition) is 2. The Hall–Kier alpha value is -3.59. The van der Waals surface area contributed by atoms with Gasteiger partial charge < -0.3 is 20.1 Å². The molecule has 1 unspecified atom stereocenters. The van der Waals surface area contributed by atoms with Crippen LogP contribution in [-0.4, -0.2) is 69.1 Å². The molecule has 0 bridgehead atoms. The third-order valence-electron chi connectivity index (χ3n) is 6.67. The quantitative estimate of drug-likeness (QED) is 0.629. The van der Waals surface area contributed by atoms with Crippen molar-refractivity contribution < 1.29 is 19.4 Å². The lowest BCUT2D eigenvalue weighted by Gasteiger charge is -2.33. The molecule has 2 fully saturated rings. The third-order valence-corrected chi connectivity index (χ3v) is 6.67. The van der Waals surface area contributed by atoms with Crippen molar-refractivity contribution in [2.24, 2.45) is 5.41 Å². The number of phenolic OH excluding ortho intramolecular Hbond substituents is 1. The van der Waals surface area contributed by atoms with Crippen LogP contribution in [0.2, 0.25) is 0 Å². The molecule has 2 aliphatic rings. The number of hydrogen-bond acceptors (Lipinski definition) is 7. The fourth-order valence-electron chi connectivity index (χ4n) is 4.87. The highest BCUT2D eigenvalue weighted by atomic mass is 16.5. The van der Waals surface area contributed by atoms with Gasteiger partial charge in [-0.05, 0) is 42.9 Å². The van der Waals surface area contributed by atoms with Gasteiger partial charge in [0.15, 0.2) is 0 Å². The van der Waals surface area contributed by atoms with Gasteiger partial charge in [0.05, 0.1) is 16.6 Å². The normalized spacial score (nSPS) is 19.6. The topological polar surface area (TPSA) is 118 Å². The van der Waals surface area contributed by atoms with E-state index in [0.717, 1.165) is 24.6 Å². The maximum absolute atomic E-state index is 13.6. The molecule has 9 heteroatoms. The van der Waals surface area contributed by atoms with E-state index in [9.17, 15) is 14.7 Å². The number of nitrogens with one attached hydrogen (secondary N) is 1. The molecule has 5 rings (SSSR count). The van der Waals surface area contributed by atoms with Crippen molar-refractivity contribution in [2.75, 3.05) is 26.3 Å². The van der Waals surface area contributed by atoms with Gasteiger partial charge >= 0.3 is 0 Å². The summed E-state index contributed by atoms with van der Waals surface area (Å²) in [4.78, 5) is 40.2. The highest BCUT2D eigenvalue weighted by Crippen LogP contribution is 2.43. The molecule has 2 aromatic heterocycles. The predicted molar refractivity (Wildman–Crippen MR) is 120 cm³/mol. The van der Waals surface area contributed by atoms with Gasteiger partial charge in [-0.25, -0.2) is 9.97 Å². The molecule has 170 valence electrons. The van der Waals surface area contributed by atoms with E-state index in [1.54, 1.807) is 30.5 Å². The number of likely N-dealkylation sites (tertiary alicyclic amines) is 1. The summed E-state index contributed by atoms with van der Waals surface area (Å²) in [6.45, 7) is 2.34. The minimum absolute atomic E-state index is 0.00473. The summed E-state index contributed by atoms with van der Waals surface area (Å²) in [5.74, 6) is -0.235. The van der Waals surface area contributed by atoms with Crippen LogP contribution in [0.5, 0.6) is 5.75 Å². The first kappa shape index (κ1) is 21.3. The Morgan fingerprint density at radius 1 is 1.12 bits per heavy atom. The number of ether oxygens (including phenoxy) is 1. The molecule has 1 atom stereocenters. The number of carbonyl (C=O) groups excluding carboxylic acids is 2. The van der Waals surface area contributed by atoms with E-state index in [1.807, 2.05) is 4.90 Å². The van der Waals surface area contributed by atoms with Crippen LogP contribution in [0.3, 0.4) is 0 Å². The van der Waals surface area contributed by atoms with Gasteiger partial charge in [-0.3, -0.25) is 14.6 Å². The number of pyridine rings is 1. The third kappa shape index (κ3) is 4.36. The zero-order chi connectivity index (χ0) is 22.8. The van der Waals surface area contributed by atoms with Gasteiger partial charge in [0.25, 0.3) is 11.8 Å². The van der Waals surface area contributed by atoms with E-state index in [-0.39, 0.29) is 29.0 Å². The SMILES string of the molecule is O=C(NCC1CC2(CCOCC2)CN1C(=O)c1cnc2cc(O)ccc2c1)c1cncnc1. The van der Waals surface area contributed by atoms with E-state index in [1.165, 1.54) is 18.7 Å². The molecule has 4 heterocycles. The number of amides is 2. The maximum atomic E-state index is 13.6. The number of aromatic hydroxyl groups is 1. The molecule has 33 heavy (non-hydrogen) atoms. The van der Waals surface area contributed by atoms with Crippen LogP contribution < -0.4 is 5.32 Å². The summed E-state index contributed by atoms with van der Waals surface area (Å²) < 4.78 is 5.57. The lowest BCUT2D eigenvalue weighted by atomic mass is 9.78. The summed E-state index contributed by atoms with van der Waals surface area (Å²) in [7, 11) is 0. The monoisotopic (exact) mass is 447 g/mol. The first-order valence-electron chi connectivity index (χ1n) is 11.0. The molecule has 3 aromatic rings. The average molecular weight is 447 g/mol. The van der Waals surface area contributed by atoms with Gasteiger partial charge in [-0.2, -0.15) is 0 Å². The fourth-order valence-corrected chi connectivity index (χ4v) is 4.87. The van der Waals surface area contributed by atoms with Crippen LogP contribution in [0.4, 0.5) is 0 Å². The average Bonchev–Trinajstić information content (AvgIpc) is 3.20. The molecule has 1 spiro atoms. The van der Waals surface area contributed by atoms with Gasteiger partial charge in [0, 0.05) is 62.4 Å². The molecule has 2 saturated heterocycles. The van der Waals surface area contributed by atoms with Crippen molar-refractivity contribution in [3.05, 3.63) is 60.3 Å². The lowest BCUT2D eigenvalue weighted by Crippen LogP contribution is -2.43. The van der Waals surface area contributed by atoms with E-state index in [0.29, 0.717) is 42.9 Å². The standard InChI is InChI=1S/C24H25N5O4/c30-20-2-1-16-7-17(12-27-21(16)8-20)23(32)29-14-24(3-5-33-6-4-24)9-19(29)13-28-22(31)18-10-25-15-26-11-18/h1-2,7-8,10-12,15,19,30H,3-6,9,13-14H2,(H,28,31). The Kier molecular flexibility index (Phi) is 5.63. The Balaban J connectivity index is 1.38. The largest absolute Gasteiger partial charge is 0.508 e. The molecular formula is C24H25N5O4. The summed E-state index contributed by atoms with van der Waals surface area (Å²) in [5, 5.41) is 13.4. The number of carbonyl (C=O) groups is 2. The summed E-state index contributed by atoms with van der Waals surface area (Å²) in [6.07, 6.45) is 8.46. The van der Waals surface area contributed by atoms with Crippen molar-refractivity contribution in [3.8, 4) is 5.75 Å². The van der Waals surface area contributed by atoms with E-state index < -0.39 is 0 Å². The zero-order valence-electron chi connectivity index (χ0n) is 18.1. The number of fused-ring (bicyclic) bond motifs is 1. The van der Waals surface area contributed by atoms with Gasteiger partial charge in [-0.15, -0.1) is 0 Å². The Bertz CT molecular complexity index is 1180. The number of aromatic nitrogens is 3. The van der Waals surface area contributed by atoms with Crippen molar-refractivity contribution in [1.82, 2.24) is 25.2 Å². The van der Waals surface area contributed by atoms with Crippen LogP contribution in [0.15, 0.2) is 49.2 Å². The van der Waals surface area contributed by atoms with Crippen LogP contribution >= 0.6 is 0 Å². The Morgan fingerprint density at radius 3 is 2.70 bits per heavy atom. The molecule has 0 radical (unpaired) electrons. The molecule has 1 aromatic carbocycles. The molecule has 9 nitrogen and oxygen atoms in total. The minimum Gasteiger partial charge on any atom is -0.508 e. The van der Waals surface area contributed by atoms with Crippen LogP contribution in [-0.2, 0) is 4.74 Å². The maximum Gasteiger partial charge on any atom is 0.255 e. The van der Waals surface area contributed by atoms with Gasteiger partial charge in [-0.1, -0.05) is 0 Å². The molecule has 2 N–H and O–H groups in total. The molecule has 0 aliphatic carbocycles. The molecular weight excluding hydrogens is 422 g/mol. The van der Waals surface area contributed by atoms with Crippen LogP contribution in [0.25, 0.3) is 10.9 Å².